The van der Waals surface area contributed by atoms with Gasteiger partial charge < -0.3 is 10.2 Å². The highest BCUT2D eigenvalue weighted by molar-refractivity contribution is 5.66. The second-order valence-corrected chi connectivity index (χ2v) is 4.94. The molecule has 0 aromatic rings. The molecule has 0 aliphatic heterocycles. The number of carboxylic acids is 2. The van der Waals surface area contributed by atoms with E-state index in [2.05, 4.69) is 47.4 Å². The van der Waals surface area contributed by atoms with Crippen LogP contribution in [0.15, 0.2) is 0 Å². The van der Waals surface area contributed by atoms with E-state index < -0.39 is 11.9 Å². The topological polar surface area (TPSA) is 74.6 Å². The van der Waals surface area contributed by atoms with Gasteiger partial charge in [-0.05, 0) is 42.9 Å². The second-order valence-electron chi connectivity index (χ2n) is 4.94. The lowest BCUT2D eigenvalue weighted by molar-refractivity contribution is -0.138. The van der Waals surface area contributed by atoms with E-state index in [0.29, 0.717) is 19.3 Å². The van der Waals surface area contributed by atoms with Crippen LogP contribution in [0.4, 0.5) is 0 Å². The molecule has 0 aliphatic carbocycles. The second kappa shape index (κ2) is 16.5. The van der Waals surface area contributed by atoms with Crippen LogP contribution < -0.4 is 0 Å². The largest absolute Gasteiger partial charge is 0.481 e. The summed E-state index contributed by atoms with van der Waals surface area (Å²) >= 11 is 0. The average molecular weight is 326 g/mol. The Kier molecular flexibility index (Phi) is 14.6. The van der Waals surface area contributed by atoms with Crippen LogP contribution in [-0.2, 0) is 9.59 Å². The van der Waals surface area contributed by atoms with Gasteiger partial charge in [0.15, 0.2) is 0 Å². The van der Waals surface area contributed by atoms with Crippen molar-refractivity contribution in [2.45, 2.75) is 64.2 Å². The summed E-state index contributed by atoms with van der Waals surface area (Å²) in [4.78, 5) is 20.6. The Balaban J connectivity index is 3.62. The lowest BCUT2D eigenvalue weighted by Gasteiger charge is -1.95. The number of unbranched alkanes of at least 4 members (excludes halogenated alkanes) is 5. The predicted molar refractivity (Wildman–Crippen MR) is 92.5 cm³/mol. The van der Waals surface area contributed by atoms with E-state index in [1.54, 1.807) is 0 Å². The van der Waals surface area contributed by atoms with Gasteiger partial charge in [0.1, 0.15) is 0 Å². The Labute approximate surface area is 144 Å². The Morgan fingerprint density at radius 2 is 1.04 bits per heavy atom. The first kappa shape index (κ1) is 21.2. The van der Waals surface area contributed by atoms with E-state index in [4.69, 9.17) is 10.2 Å². The van der Waals surface area contributed by atoms with Gasteiger partial charge in [0.25, 0.3) is 0 Å². The molecule has 0 atom stereocenters. The zero-order valence-electron chi connectivity index (χ0n) is 13.8. The fourth-order valence-electron chi connectivity index (χ4n) is 1.61. The van der Waals surface area contributed by atoms with Crippen molar-refractivity contribution in [3.05, 3.63) is 0 Å². The summed E-state index contributed by atoms with van der Waals surface area (Å²) in [5, 5.41) is 16.9. The summed E-state index contributed by atoms with van der Waals surface area (Å²) in [6, 6.07) is 0. The Morgan fingerprint density at radius 3 is 1.62 bits per heavy atom. The summed E-state index contributed by atoms with van der Waals surface area (Å²) in [5.41, 5.74) is 0. The molecule has 0 aromatic heterocycles. The minimum atomic E-state index is -0.808. The van der Waals surface area contributed by atoms with Crippen LogP contribution in [-0.4, -0.2) is 22.2 Å². The molecule has 0 amide bonds. The SMILES string of the molecule is O=C(O)CCCC#CC#CCC#CC#CCCCCCCC(=O)O. The maximum atomic E-state index is 10.3. The monoisotopic (exact) mass is 326 g/mol. The van der Waals surface area contributed by atoms with Gasteiger partial charge in [-0.2, -0.15) is 0 Å². The van der Waals surface area contributed by atoms with Gasteiger partial charge in [-0.25, -0.2) is 0 Å². The first-order valence-corrected chi connectivity index (χ1v) is 7.98. The third kappa shape index (κ3) is 19.2. The molecule has 2 N–H and O–H groups in total. The van der Waals surface area contributed by atoms with Crippen LogP contribution in [0, 0.1) is 47.4 Å². The number of hydrogen-bond donors (Lipinski definition) is 2. The fourth-order valence-corrected chi connectivity index (χ4v) is 1.61. The third-order valence-corrected chi connectivity index (χ3v) is 2.79. The van der Waals surface area contributed by atoms with Crippen LogP contribution in [0.25, 0.3) is 0 Å². The summed E-state index contributed by atoms with van der Waals surface area (Å²) < 4.78 is 0. The summed E-state index contributed by atoms with van der Waals surface area (Å²) in [6.07, 6.45) is 6.24. The van der Waals surface area contributed by atoms with Gasteiger partial charge in [-0.3, -0.25) is 9.59 Å². The lowest BCUT2D eigenvalue weighted by atomic mass is 10.1. The molecule has 4 nitrogen and oxygen atoms in total. The highest BCUT2D eigenvalue weighted by Gasteiger charge is 1.95. The molecule has 126 valence electrons. The maximum absolute atomic E-state index is 10.3. The van der Waals surface area contributed by atoms with Gasteiger partial charge in [-0.15, -0.1) is 0 Å². The van der Waals surface area contributed by atoms with Gasteiger partial charge in [0.2, 0.25) is 0 Å². The molecule has 0 saturated carbocycles. The number of carbonyl (C=O) groups is 2. The van der Waals surface area contributed by atoms with Crippen molar-refractivity contribution in [3.63, 3.8) is 0 Å². The zero-order valence-corrected chi connectivity index (χ0v) is 13.8. The fraction of sp³-hybridized carbons (Fsp3) is 0.500. The summed E-state index contributed by atoms with van der Waals surface area (Å²) in [5.74, 6) is 20.6. The van der Waals surface area contributed by atoms with Gasteiger partial charge in [0, 0.05) is 25.7 Å². The number of carboxylic acid groups (broad SMARTS) is 2. The van der Waals surface area contributed by atoms with Crippen LogP contribution >= 0.6 is 0 Å². The molecule has 4 heteroatoms. The average Bonchev–Trinajstić information content (AvgIpc) is 2.53. The van der Waals surface area contributed by atoms with E-state index in [1.165, 1.54) is 0 Å². The molecule has 24 heavy (non-hydrogen) atoms. The normalized spacial score (nSPS) is 8.17. The van der Waals surface area contributed by atoms with E-state index in [-0.39, 0.29) is 12.8 Å². The van der Waals surface area contributed by atoms with Crippen LogP contribution in [0.2, 0.25) is 0 Å². The van der Waals surface area contributed by atoms with Gasteiger partial charge >= 0.3 is 11.9 Å². The van der Waals surface area contributed by atoms with Crippen LogP contribution in [0.3, 0.4) is 0 Å². The van der Waals surface area contributed by atoms with Crippen LogP contribution in [0.5, 0.6) is 0 Å². The summed E-state index contributed by atoms with van der Waals surface area (Å²) in [6.45, 7) is 0. The molecule has 0 aromatic carbocycles. The molecule has 0 rings (SSSR count). The standard InChI is InChI=1S/C20H22O4/c21-19(22)17-15-13-11-9-7-5-3-1-2-4-6-8-10-12-14-16-18-20(23)24/h3,8,10,12-18H2,(H,21,22)(H,23,24). The van der Waals surface area contributed by atoms with Gasteiger partial charge in [-0.1, -0.05) is 36.5 Å². The Morgan fingerprint density at radius 1 is 0.583 bits per heavy atom. The molecule has 0 fully saturated rings. The minimum absolute atomic E-state index is 0.134. The van der Waals surface area contributed by atoms with Crippen molar-refractivity contribution in [3.8, 4) is 47.4 Å². The van der Waals surface area contributed by atoms with Crippen molar-refractivity contribution in [1.82, 2.24) is 0 Å². The molecular formula is C20H22O4. The van der Waals surface area contributed by atoms with E-state index in [1.807, 2.05) is 0 Å². The molecule has 0 unspecified atom stereocenters. The van der Waals surface area contributed by atoms with Crippen molar-refractivity contribution >= 4 is 11.9 Å². The van der Waals surface area contributed by atoms with Crippen molar-refractivity contribution < 1.29 is 19.8 Å². The molecule has 0 spiro atoms. The third-order valence-electron chi connectivity index (χ3n) is 2.79. The molecule has 0 heterocycles. The first-order valence-electron chi connectivity index (χ1n) is 7.98. The van der Waals surface area contributed by atoms with Crippen molar-refractivity contribution in [2.75, 3.05) is 0 Å². The first-order chi connectivity index (χ1) is 11.6. The van der Waals surface area contributed by atoms with Crippen molar-refractivity contribution in [2.24, 2.45) is 0 Å². The van der Waals surface area contributed by atoms with E-state index in [0.717, 1.165) is 32.1 Å². The maximum Gasteiger partial charge on any atom is 0.303 e. The molecular weight excluding hydrogens is 304 g/mol. The minimum Gasteiger partial charge on any atom is -0.481 e. The quantitative estimate of drug-likeness (QED) is 0.504. The lowest BCUT2D eigenvalue weighted by Crippen LogP contribution is -1.93. The smallest absolute Gasteiger partial charge is 0.303 e. The van der Waals surface area contributed by atoms with Gasteiger partial charge in [0.05, 0.1) is 6.42 Å². The highest BCUT2D eigenvalue weighted by Crippen LogP contribution is 2.04. The van der Waals surface area contributed by atoms with Crippen LogP contribution in [0.1, 0.15) is 64.2 Å². The number of aliphatic carboxylic acids is 2. The number of rotatable bonds is 9. The molecule has 0 aliphatic rings. The van der Waals surface area contributed by atoms with E-state index >= 15 is 0 Å². The molecule has 0 saturated heterocycles. The Bertz CT molecular complexity index is 630. The van der Waals surface area contributed by atoms with Crippen molar-refractivity contribution in [1.29, 1.82) is 0 Å². The summed E-state index contributed by atoms with van der Waals surface area (Å²) in [7, 11) is 0. The van der Waals surface area contributed by atoms with E-state index in [9.17, 15) is 9.59 Å². The molecule has 0 bridgehead atoms. The molecule has 0 radical (unpaired) electrons. The predicted octanol–water partition coefficient (Wildman–Crippen LogP) is 3.07. The highest BCUT2D eigenvalue weighted by atomic mass is 16.4. The zero-order chi connectivity index (χ0) is 17.9. The number of hydrogen-bond acceptors (Lipinski definition) is 2. The Hall–Kier alpha value is -2.82.